The minimum atomic E-state index is -0.268. The van der Waals surface area contributed by atoms with Gasteiger partial charge in [-0.25, -0.2) is 5.48 Å². The largest absolute Gasteiger partial charge is 0.289 e. The van der Waals surface area contributed by atoms with Gasteiger partial charge in [0, 0.05) is 6.42 Å². The van der Waals surface area contributed by atoms with Gasteiger partial charge >= 0.3 is 0 Å². The topological polar surface area (TPSA) is 49.3 Å². The molecular weight excluding hydrogens is 178 g/mol. The van der Waals surface area contributed by atoms with Gasteiger partial charge in [0.15, 0.2) is 0 Å². The highest BCUT2D eigenvalue weighted by Gasteiger charge is 1.97. The third kappa shape index (κ3) is 9.52. The minimum absolute atomic E-state index is 0.268. The monoisotopic (exact) mass is 201 g/mol. The summed E-state index contributed by atoms with van der Waals surface area (Å²) in [6.07, 6.45) is 10.2. The SMILES string of the molecule is CCCCCCCCCCC(=O)NO. The van der Waals surface area contributed by atoms with Crippen LogP contribution in [0.4, 0.5) is 0 Å². The minimum Gasteiger partial charge on any atom is -0.289 e. The molecule has 0 fully saturated rings. The van der Waals surface area contributed by atoms with E-state index in [4.69, 9.17) is 5.21 Å². The van der Waals surface area contributed by atoms with Crippen LogP contribution in [0, 0.1) is 0 Å². The van der Waals surface area contributed by atoms with Crippen LogP contribution >= 0.6 is 0 Å². The predicted octanol–water partition coefficient (Wildman–Crippen LogP) is 3.02. The highest BCUT2D eigenvalue weighted by Crippen LogP contribution is 2.09. The molecule has 3 heteroatoms. The number of carbonyl (C=O) groups is 1. The molecule has 0 aliphatic carbocycles. The first-order valence-electron chi connectivity index (χ1n) is 5.74. The van der Waals surface area contributed by atoms with E-state index in [1.807, 2.05) is 0 Å². The van der Waals surface area contributed by atoms with Gasteiger partial charge in [-0.15, -0.1) is 0 Å². The lowest BCUT2D eigenvalue weighted by Gasteiger charge is -2.00. The van der Waals surface area contributed by atoms with Crippen LogP contribution in [0.1, 0.15) is 64.7 Å². The second kappa shape index (κ2) is 10.5. The molecule has 0 aromatic carbocycles. The molecule has 0 aromatic heterocycles. The van der Waals surface area contributed by atoms with Gasteiger partial charge in [-0.05, 0) is 6.42 Å². The molecule has 0 bridgehead atoms. The Balaban J connectivity index is 2.95. The average Bonchev–Trinajstić information content (AvgIpc) is 2.21. The van der Waals surface area contributed by atoms with Crippen molar-refractivity contribution >= 4 is 5.91 Å². The zero-order valence-electron chi connectivity index (χ0n) is 9.22. The van der Waals surface area contributed by atoms with E-state index in [0.717, 1.165) is 12.8 Å². The van der Waals surface area contributed by atoms with Crippen molar-refractivity contribution in [3.8, 4) is 0 Å². The van der Waals surface area contributed by atoms with Crippen molar-refractivity contribution in [3.63, 3.8) is 0 Å². The van der Waals surface area contributed by atoms with E-state index in [1.165, 1.54) is 38.5 Å². The molecule has 0 saturated carbocycles. The highest BCUT2D eigenvalue weighted by molar-refractivity contribution is 5.74. The van der Waals surface area contributed by atoms with Crippen molar-refractivity contribution < 1.29 is 10.0 Å². The average molecular weight is 201 g/mol. The number of unbranched alkanes of at least 4 members (excludes halogenated alkanes) is 7. The zero-order valence-corrected chi connectivity index (χ0v) is 9.22. The molecule has 3 nitrogen and oxygen atoms in total. The molecule has 84 valence electrons. The van der Waals surface area contributed by atoms with Crippen LogP contribution in [0.5, 0.6) is 0 Å². The summed E-state index contributed by atoms with van der Waals surface area (Å²) in [5, 5.41) is 8.24. The molecule has 0 aromatic rings. The van der Waals surface area contributed by atoms with Gasteiger partial charge in [0.25, 0.3) is 0 Å². The number of rotatable bonds is 9. The lowest BCUT2D eigenvalue weighted by Crippen LogP contribution is -2.17. The molecule has 0 atom stereocenters. The summed E-state index contributed by atoms with van der Waals surface area (Å²) < 4.78 is 0. The summed E-state index contributed by atoms with van der Waals surface area (Å²) in [4.78, 5) is 10.6. The van der Waals surface area contributed by atoms with E-state index in [1.54, 1.807) is 5.48 Å². The molecule has 0 rings (SSSR count). The molecule has 0 radical (unpaired) electrons. The van der Waals surface area contributed by atoms with Gasteiger partial charge in [0.1, 0.15) is 0 Å². The first-order chi connectivity index (χ1) is 6.81. The Hall–Kier alpha value is -0.570. The van der Waals surface area contributed by atoms with Crippen molar-refractivity contribution in [2.75, 3.05) is 0 Å². The van der Waals surface area contributed by atoms with Crippen LogP contribution in [0.2, 0.25) is 0 Å². The molecule has 14 heavy (non-hydrogen) atoms. The Bertz CT molecular complexity index is 137. The lowest BCUT2D eigenvalue weighted by molar-refractivity contribution is -0.129. The van der Waals surface area contributed by atoms with Crippen LogP contribution in [-0.4, -0.2) is 11.1 Å². The molecule has 0 aliphatic heterocycles. The van der Waals surface area contributed by atoms with Crippen LogP contribution in [0.3, 0.4) is 0 Å². The number of carbonyl (C=O) groups excluding carboxylic acids is 1. The van der Waals surface area contributed by atoms with Crippen LogP contribution < -0.4 is 5.48 Å². The number of hydrogen-bond donors (Lipinski definition) is 2. The van der Waals surface area contributed by atoms with Crippen LogP contribution in [-0.2, 0) is 4.79 Å². The van der Waals surface area contributed by atoms with E-state index in [2.05, 4.69) is 6.92 Å². The first-order valence-corrected chi connectivity index (χ1v) is 5.74. The molecule has 1 amide bonds. The quantitative estimate of drug-likeness (QED) is 0.342. The number of nitrogens with one attached hydrogen (secondary N) is 1. The van der Waals surface area contributed by atoms with Gasteiger partial charge in [-0.3, -0.25) is 10.0 Å². The first kappa shape index (κ1) is 13.4. The van der Waals surface area contributed by atoms with Crippen molar-refractivity contribution in [1.29, 1.82) is 0 Å². The van der Waals surface area contributed by atoms with Gasteiger partial charge < -0.3 is 0 Å². The van der Waals surface area contributed by atoms with Gasteiger partial charge in [0.05, 0.1) is 0 Å². The third-order valence-electron chi connectivity index (χ3n) is 2.38. The Kier molecular flexibility index (Phi) is 10.1. The third-order valence-corrected chi connectivity index (χ3v) is 2.38. The van der Waals surface area contributed by atoms with Gasteiger partial charge in [-0.2, -0.15) is 0 Å². The maximum Gasteiger partial charge on any atom is 0.243 e. The Morgan fingerprint density at radius 1 is 1.00 bits per heavy atom. The summed E-state index contributed by atoms with van der Waals surface area (Å²) in [5.41, 5.74) is 1.64. The fraction of sp³-hybridized carbons (Fsp3) is 0.909. The van der Waals surface area contributed by atoms with Gasteiger partial charge in [-0.1, -0.05) is 51.9 Å². The van der Waals surface area contributed by atoms with Crippen molar-refractivity contribution in [2.45, 2.75) is 64.7 Å². The van der Waals surface area contributed by atoms with E-state index in [0.29, 0.717) is 6.42 Å². The maximum atomic E-state index is 10.6. The normalized spacial score (nSPS) is 10.1. The second-order valence-electron chi connectivity index (χ2n) is 3.76. The second-order valence-corrected chi connectivity index (χ2v) is 3.76. The van der Waals surface area contributed by atoms with Crippen molar-refractivity contribution in [3.05, 3.63) is 0 Å². The molecule has 0 heterocycles. The fourth-order valence-corrected chi connectivity index (χ4v) is 1.48. The van der Waals surface area contributed by atoms with Crippen molar-refractivity contribution in [2.24, 2.45) is 0 Å². The lowest BCUT2D eigenvalue weighted by atomic mass is 10.1. The van der Waals surface area contributed by atoms with Crippen LogP contribution in [0.25, 0.3) is 0 Å². The maximum absolute atomic E-state index is 10.6. The van der Waals surface area contributed by atoms with Gasteiger partial charge in [0.2, 0.25) is 5.91 Å². The summed E-state index contributed by atoms with van der Waals surface area (Å²) in [6, 6.07) is 0. The Morgan fingerprint density at radius 3 is 2.00 bits per heavy atom. The van der Waals surface area contributed by atoms with E-state index in [-0.39, 0.29) is 5.91 Å². The molecule has 0 saturated heterocycles. The van der Waals surface area contributed by atoms with Crippen molar-refractivity contribution in [1.82, 2.24) is 5.48 Å². The molecule has 0 unspecified atom stereocenters. The van der Waals surface area contributed by atoms with E-state index in [9.17, 15) is 4.79 Å². The summed E-state index contributed by atoms with van der Waals surface area (Å²) >= 11 is 0. The Labute approximate surface area is 86.8 Å². The number of hydrogen-bond acceptors (Lipinski definition) is 2. The smallest absolute Gasteiger partial charge is 0.243 e. The van der Waals surface area contributed by atoms with E-state index < -0.39 is 0 Å². The number of amides is 1. The summed E-state index contributed by atoms with van der Waals surface area (Å²) in [6.45, 7) is 2.22. The zero-order chi connectivity index (χ0) is 10.6. The van der Waals surface area contributed by atoms with Crippen LogP contribution in [0.15, 0.2) is 0 Å². The fourth-order valence-electron chi connectivity index (χ4n) is 1.48. The molecule has 0 aliphatic rings. The predicted molar refractivity (Wildman–Crippen MR) is 57.2 cm³/mol. The molecule has 0 spiro atoms. The highest BCUT2D eigenvalue weighted by atomic mass is 16.5. The summed E-state index contributed by atoms with van der Waals surface area (Å²) in [7, 11) is 0. The molecule has 2 N–H and O–H groups in total. The standard InChI is InChI=1S/C11H23NO2/c1-2-3-4-5-6-7-8-9-10-11(13)12-14/h14H,2-10H2,1H3,(H,12,13). The molecular formula is C11H23NO2. The Morgan fingerprint density at radius 2 is 1.50 bits per heavy atom. The number of hydroxylamine groups is 1. The summed E-state index contributed by atoms with van der Waals surface area (Å²) in [5.74, 6) is -0.268. The van der Waals surface area contributed by atoms with E-state index >= 15 is 0 Å².